The number of amides is 2. The number of aryl methyl sites for hydroxylation is 1. The molecule has 8 nitrogen and oxygen atoms in total. The molecule has 8 heteroatoms. The molecule has 2 aromatic rings. The van der Waals surface area contributed by atoms with Crippen molar-refractivity contribution in [1.29, 1.82) is 0 Å². The van der Waals surface area contributed by atoms with Crippen LogP contribution < -0.4 is 10.9 Å². The van der Waals surface area contributed by atoms with Gasteiger partial charge in [-0.2, -0.15) is 0 Å². The summed E-state index contributed by atoms with van der Waals surface area (Å²) in [5.74, 6) is -0.258. The molecule has 3 rings (SSSR count). The zero-order chi connectivity index (χ0) is 19.8. The fourth-order valence-electron chi connectivity index (χ4n) is 3.30. The lowest BCUT2D eigenvalue weighted by molar-refractivity contribution is 0.0185. The van der Waals surface area contributed by atoms with Gasteiger partial charge in [0.05, 0.1) is 5.56 Å². The second kappa shape index (κ2) is 7.09. The maximum Gasteiger partial charge on any atom is 0.410 e. The molecule has 1 aliphatic heterocycles. The fourth-order valence-corrected chi connectivity index (χ4v) is 3.30. The molecule has 2 N–H and O–H groups in total. The Morgan fingerprint density at radius 2 is 2.11 bits per heavy atom. The molecule has 0 bridgehead atoms. The summed E-state index contributed by atoms with van der Waals surface area (Å²) in [6.07, 6.45) is 4.40. The number of piperidine rings is 1. The molecule has 2 aromatic heterocycles. The third-order valence-corrected chi connectivity index (χ3v) is 4.55. The molecule has 27 heavy (non-hydrogen) atoms. The van der Waals surface area contributed by atoms with Crippen LogP contribution in [0.5, 0.6) is 0 Å². The number of ether oxygens (including phenoxy) is 1. The van der Waals surface area contributed by atoms with Gasteiger partial charge in [0.2, 0.25) is 0 Å². The molecule has 0 saturated carbocycles. The molecule has 1 aliphatic rings. The summed E-state index contributed by atoms with van der Waals surface area (Å²) in [4.78, 5) is 41.8. The van der Waals surface area contributed by atoms with Crippen molar-refractivity contribution in [2.45, 2.75) is 45.3 Å². The molecule has 0 aromatic carbocycles. The van der Waals surface area contributed by atoms with Gasteiger partial charge in [-0.1, -0.05) is 0 Å². The number of carbonyl (C=O) groups is 2. The number of H-pyrrole nitrogens is 1. The standard InChI is InChI=1S/C19H26N4O4.2H2/c1-19(2,3)27-18(26)23-9-5-6-12(10-23)21-16(24)14-11-22(4)17(25)15-13(14)7-8-20-15;;/h7-8,11-12,20H,5-6,9-10H2,1-4H3,(H,21,24);2*1H. The van der Waals surface area contributed by atoms with Crippen molar-refractivity contribution in [3.8, 4) is 0 Å². The lowest BCUT2D eigenvalue weighted by Gasteiger charge is -2.34. The largest absolute Gasteiger partial charge is 0.444 e. The summed E-state index contributed by atoms with van der Waals surface area (Å²) in [5.41, 5.74) is 0.106. The summed E-state index contributed by atoms with van der Waals surface area (Å²) in [6.45, 7) is 6.51. The molecular weight excluding hydrogens is 348 g/mol. The van der Waals surface area contributed by atoms with Crippen molar-refractivity contribution in [2.24, 2.45) is 7.05 Å². The fraction of sp³-hybridized carbons (Fsp3) is 0.526. The molecule has 2 amide bonds. The molecule has 1 fully saturated rings. The van der Waals surface area contributed by atoms with Gasteiger partial charge in [-0.05, 0) is 39.7 Å². The van der Waals surface area contributed by atoms with E-state index in [1.54, 1.807) is 30.4 Å². The summed E-state index contributed by atoms with van der Waals surface area (Å²) in [6, 6.07) is 1.56. The van der Waals surface area contributed by atoms with Crippen molar-refractivity contribution in [2.75, 3.05) is 13.1 Å². The number of nitrogens with one attached hydrogen (secondary N) is 2. The molecule has 0 aliphatic carbocycles. The van der Waals surface area contributed by atoms with Gasteiger partial charge in [0.25, 0.3) is 11.5 Å². The average Bonchev–Trinajstić information content (AvgIpc) is 3.06. The topological polar surface area (TPSA) is 96.4 Å². The van der Waals surface area contributed by atoms with E-state index in [1.165, 1.54) is 4.57 Å². The highest BCUT2D eigenvalue weighted by Crippen LogP contribution is 2.18. The van der Waals surface area contributed by atoms with E-state index < -0.39 is 5.60 Å². The predicted octanol–water partition coefficient (Wildman–Crippen LogP) is 2.49. The van der Waals surface area contributed by atoms with Gasteiger partial charge in [-0.15, -0.1) is 0 Å². The van der Waals surface area contributed by atoms with Crippen LogP contribution in [0.15, 0.2) is 23.3 Å². The van der Waals surface area contributed by atoms with Gasteiger partial charge in [0.15, 0.2) is 0 Å². The summed E-state index contributed by atoms with van der Waals surface area (Å²) in [7, 11) is 1.62. The third-order valence-electron chi connectivity index (χ3n) is 4.55. The van der Waals surface area contributed by atoms with Crippen LogP contribution in [0, 0.1) is 0 Å². The minimum absolute atomic E-state index is 0. The molecule has 150 valence electrons. The van der Waals surface area contributed by atoms with Crippen molar-refractivity contribution in [1.82, 2.24) is 19.8 Å². The summed E-state index contributed by atoms with van der Waals surface area (Å²) < 4.78 is 6.81. The summed E-state index contributed by atoms with van der Waals surface area (Å²) >= 11 is 0. The molecule has 0 spiro atoms. The first-order valence-corrected chi connectivity index (χ1v) is 9.11. The first-order chi connectivity index (χ1) is 12.7. The Balaban J connectivity index is 0.00000210. The Kier molecular flexibility index (Phi) is 4.99. The maximum atomic E-state index is 12.8. The number of hydrogen-bond acceptors (Lipinski definition) is 4. The molecule has 1 unspecified atom stereocenters. The lowest BCUT2D eigenvalue weighted by Crippen LogP contribution is -2.50. The predicted molar refractivity (Wildman–Crippen MR) is 106 cm³/mol. The Labute approximate surface area is 160 Å². The Hall–Kier alpha value is -2.77. The van der Waals surface area contributed by atoms with Crippen LogP contribution in [0.25, 0.3) is 10.9 Å². The monoisotopic (exact) mass is 378 g/mol. The molecule has 1 atom stereocenters. The number of carbonyl (C=O) groups excluding carboxylic acids is 2. The van der Waals surface area contributed by atoms with Gasteiger partial charge >= 0.3 is 6.09 Å². The number of hydrogen-bond donors (Lipinski definition) is 2. The highest BCUT2D eigenvalue weighted by molar-refractivity contribution is 6.06. The van der Waals surface area contributed by atoms with Crippen LogP contribution in [-0.2, 0) is 11.8 Å². The van der Waals surface area contributed by atoms with Gasteiger partial charge in [-0.3, -0.25) is 9.59 Å². The van der Waals surface area contributed by atoms with E-state index in [9.17, 15) is 14.4 Å². The molecule has 1 saturated heterocycles. The van der Waals surface area contributed by atoms with Crippen molar-refractivity contribution >= 4 is 22.9 Å². The van der Waals surface area contributed by atoms with E-state index >= 15 is 0 Å². The van der Waals surface area contributed by atoms with Crippen LogP contribution in [0.3, 0.4) is 0 Å². The van der Waals surface area contributed by atoms with Gasteiger partial charge in [0.1, 0.15) is 11.1 Å². The zero-order valence-corrected chi connectivity index (χ0v) is 16.2. The quantitative estimate of drug-likeness (QED) is 0.839. The number of aromatic amines is 1. The van der Waals surface area contributed by atoms with Crippen molar-refractivity contribution in [3.63, 3.8) is 0 Å². The van der Waals surface area contributed by atoms with Crippen LogP contribution in [0.2, 0.25) is 0 Å². The van der Waals surface area contributed by atoms with E-state index in [4.69, 9.17) is 4.74 Å². The van der Waals surface area contributed by atoms with Crippen molar-refractivity contribution in [3.05, 3.63) is 34.4 Å². The van der Waals surface area contributed by atoms with E-state index in [2.05, 4.69) is 10.3 Å². The molecular formula is C19H30N4O4. The SMILES string of the molecule is Cn1cc(C(=O)NC2CCCN(C(=O)OC(C)(C)C)C2)c2cc[nH]c2c1=O.[HH].[HH]. The lowest BCUT2D eigenvalue weighted by atomic mass is 10.0. The number of aromatic nitrogens is 2. The Morgan fingerprint density at radius 3 is 2.81 bits per heavy atom. The van der Waals surface area contributed by atoms with Gasteiger partial charge < -0.3 is 24.5 Å². The second-order valence-corrected chi connectivity index (χ2v) is 7.96. The number of rotatable bonds is 2. The highest BCUT2D eigenvalue weighted by atomic mass is 16.6. The van der Waals surface area contributed by atoms with E-state index in [0.717, 1.165) is 12.8 Å². The van der Waals surface area contributed by atoms with Crippen LogP contribution in [-0.4, -0.2) is 51.2 Å². The van der Waals surface area contributed by atoms with Gasteiger partial charge in [-0.25, -0.2) is 4.79 Å². The maximum absolute atomic E-state index is 12.8. The first-order valence-electron chi connectivity index (χ1n) is 9.11. The number of likely N-dealkylation sites (tertiary alicyclic amines) is 1. The first kappa shape index (κ1) is 19.0. The average molecular weight is 378 g/mol. The third kappa shape index (κ3) is 4.15. The van der Waals surface area contributed by atoms with Gasteiger partial charge in [0, 0.05) is 46.8 Å². The van der Waals surface area contributed by atoms with E-state index in [0.29, 0.717) is 29.6 Å². The smallest absolute Gasteiger partial charge is 0.410 e. The minimum atomic E-state index is -0.554. The van der Waals surface area contributed by atoms with E-state index in [1.807, 2.05) is 20.8 Å². The Morgan fingerprint density at radius 1 is 1.37 bits per heavy atom. The molecule has 3 heterocycles. The number of fused-ring (bicyclic) bond motifs is 1. The van der Waals surface area contributed by atoms with Crippen LogP contribution in [0.1, 0.15) is 46.8 Å². The molecule has 0 radical (unpaired) electrons. The summed E-state index contributed by atoms with van der Waals surface area (Å²) in [5, 5.41) is 3.59. The van der Waals surface area contributed by atoms with Crippen LogP contribution in [0.4, 0.5) is 4.79 Å². The minimum Gasteiger partial charge on any atom is -0.444 e. The van der Waals surface area contributed by atoms with Crippen LogP contribution >= 0.6 is 0 Å². The Bertz CT molecular complexity index is 932. The normalized spacial score (nSPS) is 17.8. The van der Waals surface area contributed by atoms with E-state index in [-0.39, 0.29) is 26.5 Å². The van der Waals surface area contributed by atoms with Crippen molar-refractivity contribution < 1.29 is 17.2 Å². The number of pyridine rings is 1. The second-order valence-electron chi connectivity index (χ2n) is 7.96. The number of nitrogens with zero attached hydrogens (tertiary/aromatic N) is 2. The zero-order valence-electron chi connectivity index (χ0n) is 16.2. The highest BCUT2D eigenvalue weighted by Gasteiger charge is 2.29.